The van der Waals surface area contributed by atoms with E-state index in [0.717, 1.165) is 18.4 Å². The van der Waals surface area contributed by atoms with Crippen LogP contribution in [-0.2, 0) is 12.8 Å². The minimum atomic E-state index is -0.198. The molecule has 0 amide bonds. The molecule has 0 saturated heterocycles. The van der Waals surface area contributed by atoms with Gasteiger partial charge in [-0.05, 0) is 42.7 Å². The minimum Gasteiger partial charge on any atom is -0.207 e. The molecule has 1 heterocycles. The zero-order chi connectivity index (χ0) is 13.0. The second-order valence-corrected chi connectivity index (χ2v) is 5.89. The van der Waals surface area contributed by atoms with Crippen LogP contribution in [0.1, 0.15) is 28.2 Å². The maximum Gasteiger partial charge on any atom is 0.123 e. The number of benzene rings is 1. The predicted octanol–water partition coefficient (Wildman–Crippen LogP) is 5.01. The molecule has 0 radical (unpaired) electrons. The first-order valence-corrected chi connectivity index (χ1v) is 7.47. The molecule has 0 aliphatic carbocycles. The highest BCUT2D eigenvalue weighted by Gasteiger charge is 2.12. The molecule has 1 aromatic heterocycles. The van der Waals surface area contributed by atoms with Crippen molar-refractivity contribution in [3.8, 4) is 0 Å². The van der Waals surface area contributed by atoms with Crippen LogP contribution >= 0.6 is 22.9 Å². The first-order valence-electron chi connectivity index (χ1n) is 6.12. The van der Waals surface area contributed by atoms with E-state index in [9.17, 15) is 4.39 Å². The number of alkyl halides is 1. The molecule has 1 atom stereocenters. The fourth-order valence-electron chi connectivity index (χ4n) is 1.96. The van der Waals surface area contributed by atoms with Gasteiger partial charge in [-0.3, -0.25) is 0 Å². The Morgan fingerprint density at radius 1 is 1.11 bits per heavy atom. The average molecular weight is 283 g/mol. The minimum absolute atomic E-state index is 0.198. The molecule has 0 spiro atoms. The summed E-state index contributed by atoms with van der Waals surface area (Å²) in [5.74, 6) is 0.623. The van der Waals surface area contributed by atoms with E-state index in [1.807, 2.05) is 23.5 Å². The van der Waals surface area contributed by atoms with Gasteiger partial charge in [-0.25, -0.2) is 4.39 Å². The molecule has 0 aliphatic rings. The third-order valence-electron chi connectivity index (χ3n) is 3.04. The lowest BCUT2D eigenvalue weighted by Gasteiger charge is -2.13. The second kappa shape index (κ2) is 6.35. The maximum absolute atomic E-state index is 12.9. The van der Waals surface area contributed by atoms with Gasteiger partial charge in [0, 0.05) is 21.6 Å². The van der Waals surface area contributed by atoms with E-state index >= 15 is 0 Å². The van der Waals surface area contributed by atoms with E-state index in [4.69, 9.17) is 11.6 Å². The van der Waals surface area contributed by atoms with Gasteiger partial charge in [0.2, 0.25) is 0 Å². The van der Waals surface area contributed by atoms with E-state index < -0.39 is 0 Å². The first-order chi connectivity index (χ1) is 8.72. The van der Waals surface area contributed by atoms with Crippen LogP contribution in [-0.4, -0.2) is 5.88 Å². The molecule has 96 valence electrons. The van der Waals surface area contributed by atoms with Crippen LogP contribution in [0.15, 0.2) is 36.4 Å². The molecule has 0 N–H and O–H groups in total. The van der Waals surface area contributed by atoms with E-state index in [1.165, 1.54) is 21.9 Å². The highest BCUT2D eigenvalue weighted by atomic mass is 35.5. The van der Waals surface area contributed by atoms with Gasteiger partial charge >= 0.3 is 0 Å². The van der Waals surface area contributed by atoms with Crippen molar-refractivity contribution in [1.82, 2.24) is 0 Å². The van der Waals surface area contributed by atoms with Crippen molar-refractivity contribution < 1.29 is 4.39 Å². The number of thiophene rings is 1. The summed E-state index contributed by atoms with van der Waals surface area (Å²) in [4.78, 5) is 2.75. The average Bonchev–Trinajstić information content (AvgIpc) is 2.85. The first kappa shape index (κ1) is 13.6. The number of halogens is 2. The van der Waals surface area contributed by atoms with Crippen LogP contribution in [0.4, 0.5) is 4.39 Å². The molecule has 2 aromatic rings. The summed E-state index contributed by atoms with van der Waals surface area (Å²) < 4.78 is 12.9. The quantitative estimate of drug-likeness (QED) is 0.676. The Bertz CT molecular complexity index is 489. The fraction of sp³-hybridized carbons (Fsp3) is 0.333. The molecule has 0 bridgehead atoms. The third kappa shape index (κ3) is 3.33. The van der Waals surface area contributed by atoms with Crippen molar-refractivity contribution in [1.29, 1.82) is 0 Å². The van der Waals surface area contributed by atoms with Gasteiger partial charge in [0.1, 0.15) is 5.82 Å². The molecule has 1 aromatic carbocycles. The van der Waals surface area contributed by atoms with E-state index in [2.05, 4.69) is 19.1 Å². The molecular weight excluding hydrogens is 267 g/mol. The lowest BCUT2D eigenvalue weighted by molar-refractivity contribution is 0.625. The largest absolute Gasteiger partial charge is 0.207 e. The van der Waals surface area contributed by atoms with Gasteiger partial charge in [-0.15, -0.1) is 22.9 Å². The molecular formula is C15H16ClFS. The molecule has 0 saturated carbocycles. The van der Waals surface area contributed by atoms with Gasteiger partial charge in [0.15, 0.2) is 0 Å². The van der Waals surface area contributed by atoms with E-state index in [-0.39, 0.29) is 11.7 Å². The molecule has 1 unspecified atom stereocenters. The summed E-state index contributed by atoms with van der Waals surface area (Å²) in [6, 6.07) is 11.0. The van der Waals surface area contributed by atoms with Crippen LogP contribution in [0.2, 0.25) is 0 Å². The summed E-state index contributed by atoms with van der Waals surface area (Å²) in [5.41, 5.74) is 1.11. The lowest BCUT2D eigenvalue weighted by Crippen LogP contribution is -2.03. The number of hydrogen-bond donors (Lipinski definition) is 0. The number of rotatable bonds is 5. The third-order valence-corrected chi connectivity index (χ3v) is 4.67. The van der Waals surface area contributed by atoms with Crippen molar-refractivity contribution in [2.45, 2.75) is 25.7 Å². The van der Waals surface area contributed by atoms with Crippen molar-refractivity contribution in [3.05, 3.63) is 57.5 Å². The Morgan fingerprint density at radius 2 is 1.78 bits per heavy atom. The Labute approximate surface area is 116 Å². The van der Waals surface area contributed by atoms with E-state index in [1.54, 1.807) is 0 Å². The lowest BCUT2D eigenvalue weighted by atomic mass is 9.97. The Morgan fingerprint density at radius 3 is 2.33 bits per heavy atom. The molecule has 0 nitrogen and oxygen atoms in total. The molecule has 18 heavy (non-hydrogen) atoms. The Balaban J connectivity index is 2.11. The Hall–Kier alpha value is -0.860. The van der Waals surface area contributed by atoms with Crippen molar-refractivity contribution in [2.24, 2.45) is 0 Å². The van der Waals surface area contributed by atoms with Crippen molar-refractivity contribution >= 4 is 22.9 Å². The molecule has 2 rings (SSSR count). The fourth-order valence-corrected chi connectivity index (χ4v) is 3.29. The predicted molar refractivity (Wildman–Crippen MR) is 77.3 cm³/mol. The molecule has 3 heteroatoms. The zero-order valence-electron chi connectivity index (χ0n) is 10.3. The number of aryl methyl sites for hydroxylation is 1. The zero-order valence-corrected chi connectivity index (χ0v) is 11.9. The summed E-state index contributed by atoms with van der Waals surface area (Å²) in [6.07, 6.45) is 2.01. The highest BCUT2D eigenvalue weighted by Crippen LogP contribution is 2.27. The summed E-state index contributed by atoms with van der Waals surface area (Å²) >= 11 is 7.88. The van der Waals surface area contributed by atoms with Gasteiger partial charge in [-0.2, -0.15) is 0 Å². The second-order valence-electron chi connectivity index (χ2n) is 4.33. The molecule has 0 aliphatic heterocycles. The van der Waals surface area contributed by atoms with Crippen LogP contribution in [0, 0.1) is 5.82 Å². The standard InChI is InChI=1S/C15H16ClFS/c1-2-14-7-8-15(18-14)9-12(10-16)11-3-5-13(17)6-4-11/h3-8,12H,2,9-10H2,1H3. The highest BCUT2D eigenvalue weighted by molar-refractivity contribution is 7.11. The smallest absolute Gasteiger partial charge is 0.123 e. The maximum atomic E-state index is 12.9. The Kier molecular flexibility index (Phi) is 4.79. The monoisotopic (exact) mass is 282 g/mol. The van der Waals surface area contributed by atoms with Crippen LogP contribution < -0.4 is 0 Å². The SMILES string of the molecule is CCc1ccc(CC(CCl)c2ccc(F)cc2)s1. The summed E-state index contributed by atoms with van der Waals surface area (Å²) in [7, 11) is 0. The summed E-state index contributed by atoms with van der Waals surface area (Å²) in [6.45, 7) is 2.16. The molecule has 0 fully saturated rings. The van der Waals surface area contributed by atoms with Gasteiger partial charge in [0.25, 0.3) is 0 Å². The van der Waals surface area contributed by atoms with Crippen LogP contribution in [0.3, 0.4) is 0 Å². The van der Waals surface area contributed by atoms with E-state index in [0.29, 0.717) is 5.88 Å². The van der Waals surface area contributed by atoms with Crippen molar-refractivity contribution in [3.63, 3.8) is 0 Å². The topological polar surface area (TPSA) is 0 Å². The van der Waals surface area contributed by atoms with Gasteiger partial charge < -0.3 is 0 Å². The van der Waals surface area contributed by atoms with Gasteiger partial charge in [0.05, 0.1) is 0 Å². The van der Waals surface area contributed by atoms with Crippen LogP contribution in [0.5, 0.6) is 0 Å². The van der Waals surface area contributed by atoms with Crippen LogP contribution in [0.25, 0.3) is 0 Å². The van der Waals surface area contributed by atoms with Gasteiger partial charge in [-0.1, -0.05) is 19.1 Å². The van der Waals surface area contributed by atoms with Crippen molar-refractivity contribution in [2.75, 3.05) is 5.88 Å². The normalized spacial score (nSPS) is 12.6. The number of hydrogen-bond acceptors (Lipinski definition) is 1. The summed E-state index contributed by atoms with van der Waals surface area (Å²) in [5, 5.41) is 0.